The van der Waals surface area contributed by atoms with Gasteiger partial charge in [-0.05, 0) is 68.4 Å². The van der Waals surface area contributed by atoms with E-state index in [-0.39, 0.29) is 23.2 Å². The fourth-order valence-corrected chi connectivity index (χ4v) is 5.30. The molecule has 2 fully saturated rings. The Kier molecular flexibility index (Phi) is 15.1. The Labute approximate surface area is 297 Å². The molecule has 3 rings (SSSR count). The van der Waals surface area contributed by atoms with Crippen molar-refractivity contribution in [3.63, 3.8) is 0 Å². The third-order valence-electron chi connectivity index (χ3n) is 8.73. The topological polar surface area (TPSA) is 106 Å². The number of hydrogen-bond acceptors (Lipinski definition) is 6. The van der Waals surface area contributed by atoms with E-state index in [0.717, 1.165) is 69.0 Å². The van der Waals surface area contributed by atoms with Crippen LogP contribution in [0.4, 0.5) is 14.5 Å². The molecule has 0 radical (unpaired) electrons. The molecule has 50 heavy (non-hydrogen) atoms. The van der Waals surface area contributed by atoms with Gasteiger partial charge in [0.1, 0.15) is 11.6 Å². The highest BCUT2D eigenvalue weighted by atomic mass is 19.3. The van der Waals surface area contributed by atoms with Gasteiger partial charge in [0.05, 0.1) is 24.2 Å². The molecule has 1 saturated carbocycles. The second-order valence-corrected chi connectivity index (χ2v) is 13.0. The smallest absolute Gasteiger partial charge is 0.266 e. The molecule has 0 aromatic heterocycles. The van der Waals surface area contributed by atoms with Crippen molar-refractivity contribution in [2.75, 3.05) is 32.1 Å². The number of rotatable bonds is 18. The van der Waals surface area contributed by atoms with Crippen LogP contribution in [-0.4, -0.2) is 43.5 Å². The summed E-state index contributed by atoms with van der Waals surface area (Å²) < 4.78 is 33.0. The third-order valence-corrected chi connectivity index (χ3v) is 8.73. The lowest BCUT2D eigenvalue weighted by Crippen LogP contribution is -2.47. The lowest BCUT2D eigenvalue weighted by atomic mass is 9.90. The van der Waals surface area contributed by atoms with Gasteiger partial charge in [-0.25, -0.2) is 8.78 Å². The predicted octanol–water partition coefficient (Wildman–Crippen LogP) is 8.51. The second kappa shape index (κ2) is 18.9. The quantitative estimate of drug-likeness (QED) is 0.115. The zero-order chi connectivity index (χ0) is 36.8. The van der Waals surface area contributed by atoms with Gasteiger partial charge in [-0.3, -0.25) is 9.69 Å². The lowest BCUT2D eigenvalue weighted by molar-refractivity contribution is -0.121. The summed E-state index contributed by atoms with van der Waals surface area (Å²) in [5, 5.41) is 6.08. The number of methoxy groups -OCH3 is 1. The van der Waals surface area contributed by atoms with Crippen molar-refractivity contribution in [2.24, 2.45) is 23.3 Å². The number of likely N-dealkylation sites (tertiary alicyclic amines) is 1. The molecule has 9 heteroatoms. The number of anilines is 1. The molecule has 1 aliphatic carbocycles. The molecule has 0 bridgehead atoms. The number of amides is 1. The first-order valence-electron chi connectivity index (χ1n) is 17.3. The Balaban J connectivity index is 1.79. The highest BCUT2D eigenvalue weighted by molar-refractivity contribution is 5.84. The Morgan fingerprint density at radius 2 is 1.80 bits per heavy atom. The van der Waals surface area contributed by atoms with Crippen LogP contribution >= 0.6 is 0 Å². The van der Waals surface area contributed by atoms with Gasteiger partial charge in [-0.1, -0.05) is 86.7 Å². The number of carbonyl (C=O) groups is 1. The van der Waals surface area contributed by atoms with Gasteiger partial charge in [-0.15, -0.1) is 0 Å². The van der Waals surface area contributed by atoms with E-state index in [2.05, 4.69) is 73.3 Å². The number of nitrogens with two attached hydrogens (primary N) is 2. The summed E-state index contributed by atoms with van der Waals surface area (Å²) in [6, 6.07) is 5.85. The molecule has 270 valence electrons. The summed E-state index contributed by atoms with van der Waals surface area (Å²) >= 11 is 0. The number of halogens is 2. The van der Waals surface area contributed by atoms with Crippen molar-refractivity contribution < 1.29 is 18.3 Å². The van der Waals surface area contributed by atoms with Crippen molar-refractivity contribution in [1.82, 2.24) is 10.2 Å². The number of ether oxygens (including phenoxy) is 1. The largest absolute Gasteiger partial charge is 0.494 e. The maximum atomic E-state index is 13.5. The van der Waals surface area contributed by atoms with E-state index >= 15 is 0 Å². The number of allylic oxidation sites excluding steroid dienone is 11. The van der Waals surface area contributed by atoms with E-state index in [1.54, 1.807) is 19.3 Å². The van der Waals surface area contributed by atoms with E-state index in [1.807, 2.05) is 24.3 Å². The van der Waals surface area contributed by atoms with Gasteiger partial charge in [0.2, 0.25) is 5.91 Å². The lowest BCUT2D eigenvalue weighted by Gasteiger charge is -2.40. The monoisotopic (exact) mass is 687 g/mol. The zero-order valence-electron chi connectivity index (χ0n) is 30.5. The van der Waals surface area contributed by atoms with Crippen LogP contribution in [0.1, 0.15) is 65.9 Å². The normalized spacial score (nSPS) is 18.0. The van der Waals surface area contributed by atoms with Gasteiger partial charge >= 0.3 is 0 Å². The number of hydrogen-bond donors (Lipinski definition) is 4. The number of alkyl halides is 2. The minimum Gasteiger partial charge on any atom is -0.494 e. The zero-order valence-corrected chi connectivity index (χ0v) is 30.5. The molecule has 1 heterocycles. The van der Waals surface area contributed by atoms with Crippen LogP contribution in [0.2, 0.25) is 0 Å². The van der Waals surface area contributed by atoms with E-state index in [9.17, 15) is 13.6 Å². The van der Waals surface area contributed by atoms with Crippen LogP contribution in [0, 0.1) is 11.8 Å². The minimum atomic E-state index is -2.82. The van der Waals surface area contributed by atoms with Crippen LogP contribution in [0.25, 0.3) is 5.57 Å². The average Bonchev–Trinajstić information content (AvgIpc) is 3.91. The van der Waals surface area contributed by atoms with E-state index < -0.39 is 5.92 Å². The molecule has 1 aromatic carbocycles. The molecule has 0 atom stereocenters. The van der Waals surface area contributed by atoms with Gasteiger partial charge in [0.25, 0.3) is 5.92 Å². The molecule has 2 aliphatic rings. The van der Waals surface area contributed by atoms with Gasteiger partial charge in [0, 0.05) is 50.0 Å². The van der Waals surface area contributed by atoms with E-state index in [4.69, 9.17) is 16.2 Å². The third kappa shape index (κ3) is 12.1. The Morgan fingerprint density at radius 3 is 2.40 bits per heavy atom. The van der Waals surface area contributed by atoms with E-state index in [0.29, 0.717) is 28.7 Å². The molecular weight excluding hydrogens is 632 g/mol. The first-order valence-corrected chi connectivity index (χ1v) is 17.3. The molecule has 1 aliphatic heterocycles. The number of para-hydroxylation sites is 1. The van der Waals surface area contributed by atoms with Gasteiger partial charge < -0.3 is 26.8 Å². The van der Waals surface area contributed by atoms with Crippen molar-refractivity contribution in [2.45, 2.75) is 66.2 Å². The molecule has 1 amide bonds. The van der Waals surface area contributed by atoms with Crippen LogP contribution in [0.3, 0.4) is 0 Å². The van der Waals surface area contributed by atoms with Crippen molar-refractivity contribution in [1.29, 1.82) is 0 Å². The fraction of sp³-hybridized carbons (Fsp3) is 0.390. The SMILES string of the molecule is C=C/C(N)=C(/C=C(\N)NC(=O)C1CC1)Nc1cccc(C(/C=C/CC)=C/C=C(\C)C2CN(CC(/C=C\C=C(/C)C(C)(F)F)=C\CC)C2)c1OC. The maximum absolute atomic E-state index is 13.5. The Morgan fingerprint density at radius 1 is 1.08 bits per heavy atom. The summed E-state index contributed by atoms with van der Waals surface area (Å²) in [6.45, 7) is 15.1. The molecule has 1 aromatic rings. The summed E-state index contributed by atoms with van der Waals surface area (Å²) in [6.07, 6.45) is 22.4. The van der Waals surface area contributed by atoms with E-state index in [1.165, 1.54) is 24.6 Å². The molecule has 6 N–H and O–H groups in total. The summed E-state index contributed by atoms with van der Waals surface area (Å²) in [4.78, 5) is 14.6. The average molecular weight is 688 g/mol. The predicted molar refractivity (Wildman–Crippen MR) is 204 cm³/mol. The Hall–Kier alpha value is -4.63. The van der Waals surface area contributed by atoms with Gasteiger partial charge in [-0.2, -0.15) is 0 Å². The number of carbonyl (C=O) groups excluding carboxylic acids is 1. The molecule has 0 unspecified atom stereocenters. The number of nitrogens with zero attached hydrogens (tertiary/aromatic N) is 1. The van der Waals surface area contributed by atoms with Crippen molar-refractivity contribution in [3.05, 3.63) is 125 Å². The fourth-order valence-electron chi connectivity index (χ4n) is 5.30. The molecule has 1 saturated heterocycles. The van der Waals surface area contributed by atoms with Crippen molar-refractivity contribution >= 4 is 17.2 Å². The highest BCUT2D eigenvalue weighted by Crippen LogP contribution is 2.36. The Bertz CT molecular complexity index is 1610. The number of nitrogens with one attached hydrogen (secondary N) is 2. The number of benzene rings is 1. The van der Waals surface area contributed by atoms with Crippen LogP contribution in [0.15, 0.2) is 119 Å². The maximum Gasteiger partial charge on any atom is 0.266 e. The summed E-state index contributed by atoms with van der Waals surface area (Å²) in [7, 11) is 1.63. The standard InChI is InChI=1S/C41H55F2N5O2/c1-8-11-17-31(21-20-28(4)33-26-48(27-33)25-30(14-9-2)16-12-15-29(5)41(6,42)43)34-18-13-19-36(39(34)50-7)46-37(35(44)10-3)24-38(45)47-40(49)32-22-23-32/h10-21,24,32-33,46H,3,8-9,22-23,25-27,44-45H2,1-2,4-7H3,(H,47,49)/b16-12-,17-11+,28-20+,29-15+,30-14-,31-21+,37-35+,38-24+. The molecular formula is C41H55F2N5O2. The molecule has 7 nitrogen and oxygen atoms in total. The van der Waals surface area contributed by atoms with Crippen LogP contribution in [-0.2, 0) is 4.79 Å². The highest BCUT2D eigenvalue weighted by Gasteiger charge is 2.30. The minimum absolute atomic E-state index is 0.0150. The first-order chi connectivity index (χ1) is 23.8. The second-order valence-electron chi connectivity index (χ2n) is 13.0. The van der Waals surface area contributed by atoms with Crippen molar-refractivity contribution in [3.8, 4) is 5.75 Å². The summed E-state index contributed by atoms with van der Waals surface area (Å²) in [5.41, 5.74) is 18.3. The van der Waals surface area contributed by atoms with Gasteiger partial charge in [0.15, 0.2) is 0 Å². The first kappa shape index (κ1) is 39.8. The molecule has 0 spiro atoms. The summed E-state index contributed by atoms with van der Waals surface area (Å²) in [5.74, 6) is -1.67. The van der Waals surface area contributed by atoms with Crippen LogP contribution < -0.4 is 26.8 Å². The van der Waals surface area contributed by atoms with Crippen LogP contribution in [0.5, 0.6) is 5.75 Å².